The van der Waals surface area contributed by atoms with Gasteiger partial charge in [0, 0.05) is 13.2 Å². The molecule has 0 saturated heterocycles. The summed E-state index contributed by atoms with van der Waals surface area (Å²) in [6.45, 7) is 3.74. The summed E-state index contributed by atoms with van der Waals surface area (Å²) >= 11 is 0. The van der Waals surface area contributed by atoms with E-state index in [0.29, 0.717) is 19.8 Å². The number of carbonyl (C=O) groups excluding carboxylic acids is 1. The van der Waals surface area contributed by atoms with Crippen LogP contribution in [0.5, 0.6) is 0 Å². The summed E-state index contributed by atoms with van der Waals surface area (Å²) in [5.41, 5.74) is 2.95. The molecule has 0 aliphatic carbocycles. The van der Waals surface area contributed by atoms with Gasteiger partial charge >= 0.3 is 0 Å². The van der Waals surface area contributed by atoms with Crippen molar-refractivity contribution in [1.82, 2.24) is 5.32 Å². The SMILES string of the molecule is CCOCc1ccc(CNC(=O)Cc2ccc(F)cc2)cc1. The quantitative estimate of drug-likeness (QED) is 0.852. The van der Waals surface area contributed by atoms with Gasteiger partial charge in [-0.2, -0.15) is 0 Å². The highest BCUT2D eigenvalue weighted by atomic mass is 19.1. The molecule has 0 unspecified atom stereocenters. The number of benzene rings is 2. The van der Waals surface area contributed by atoms with Crippen LogP contribution in [0.15, 0.2) is 48.5 Å². The van der Waals surface area contributed by atoms with Crippen LogP contribution in [-0.4, -0.2) is 12.5 Å². The zero-order chi connectivity index (χ0) is 15.8. The molecule has 2 aromatic carbocycles. The molecule has 116 valence electrons. The standard InChI is InChI=1S/C18H20FNO2/c1-2-22-13-16-5-3-15(4-6-16)12-20-18(21)11-14-7-9-17(19)10-8-14/h3-10H,2,11-13H2,1H3,(H,20,21). The van der Waals surface area contributed by atoms with Crippen molar-refractivity contribution < 1.29 is 13.9 Å². The largest absolute Gasteiger partial charge is 0.377 e. The third-order valence-electron chi connectivity index (χ3n) is 3.26. The lowest BCUT2D eigenvalue weighted by Gasteiger charge is -2.07. The third-order valence-corrected chi connectivity index (χ3v) is 3.26. The molecule has 0 atom stereocenters. The van der Waals surface area contributed by atoms with E-state index in [9.17, 15) is 9.18 Å². The topological polar surface area (TPSA) is 38.3 Å². The third kappa shape index (κ3) is 5.30. The van der Waals surface area contributed by atoms with E-state index in [1.54, 1.807) is 12.1 Å². The van der Waals surface area contributed by atoms with Gasteiger partial charge in [-0.15, -0.1) is 0 Å². The van der Waals surface area contributed by atoms with E-state index in [2.05, 4.69) is 5.32 Å². The van der Waals surface area contributed by atoms with Crippen LogP contribution < -0.4 is 5.32 Å². The lowest BCUT2D eigenvalue weighted by molar-refractivity contribution is -0.120. The summed E-state index contributed by atoms with van der Waals surface area (Å²) < 4.78 is 18.1. The Kier molecular flexibility index (Phi) is 6.10. The fourth-order valence-corrected chi connectivity index (χ4v) is 2.02. The highest BCUT2D eigenvalue weighted by molar-refractivity contribution is 5.78. The highest BCUT2D eigenvalue weighted by Gasteiger charge is 2.04. The molecule has 0 heterocycles. The molecule has 0 fully saturated rings. The van der Waals surface area contributed by atoms with E-state index in [1.807, 2.05) is 31.2 Å². The van der Waals surface area contributed by atoms with Crippen LogP contribution >= 0.6 is 0 Å². The Morgan fingerprint density at radius 1 is 1.00 bits per heavy atom. The van der Waals surface area contributed by atoms with Crippen LogP contribution in [-0.2, 0) is 29.1 Å². The van der Waals surface area contributed by atoms with Crippen molar-refractivity contribution in [3.05, 3.63) is 71.0 Å². The highest BCUT2D eigenvalue weighted by Crippen LogP contribution is 2.07. The van der Waals surface area contributed by atoms with Gasteiger partial charge in [0.15, 0.2) is 0 Å². The fraction of sp³-hybridized carbons (Fsp3) is 0.278. The molecular weight excluding hydrogens is 281 g/mol. The van der Waals surface area contributed by atoms with Crippen molar-refractivity contribution in [3.8, 4) is 0 Å². The monoisotopic (exact) mass is 301 g/mol. The molecule has 3 nitrogen and oxygen atoms in total. The van der Waals surface area contributed by atoms with E-state index >= 15 is 0 Å². The van der Waals surface area contributed by atoms with Crippen LogP contribution in [0, 0.1) is 5.82 Å². The first-order chi connectivity index (χ1) is 10.7. The average molecular weight is 301 g/mol. The first-order valence-corrected chi connectivity index (χ1v) is 7.34. The first kappa shape index (κ1) is 16.2. The normalized spacial score (nSPS) is 10.5. The van der Waals surface area contributed by atoms with Crippen molar-refractivity contribution >= 4 is 5.91 Å². The number of ether oxygens (including phenoxy) is 1. The van der Waals surface area contributed by atoms with Crippen LogP contribution in [0.1, 0.15) is 23.6 Å². The Balaban J connectivity index is 1.79. The zero-order valence-electron chi connectivity index (χ0n) is 12.6. The maximum absolute atomic E-state index is 12.8. The minimum Gasteiger partial charge on any atom is -0.377 e. The number of hydrogen-bond donors (Lipinski definition) is 1. The molecule has 22 heavy (non-hydrogen) atoms. The van der Waals surface area contributed by atoms with Crippen LogP contribution in [0.4, 0.5) is 4.39 Å². The Hall–Kier alpha value is -2.20. The van der Waals surface area contributed by atoms with Gasteiger partial charge in [-0.1, -0.05) is 36.4 Å². The van der Waals surface area contributed by atoms with Crippen molar-refractivity contribution in [1.29, 1.82) is 0 Å². The second-order valence-corrected chi connectivity index (χ2v) is 5.03. The molecule has 0 bridgehead atoms. The van der Waals surface area contributed by atoms with Crippen LogP contribution in [0.25, 0.3) is 0 Å². The lowest BCUT2D eigenvalue weighted by atomic mass is 10.1. The first-order valence-electron chi connectivity index (χ1n) is 7.34. The summed E-state index contributed by atoms with van der Waals surface area (Å²) in [7, 11) is 0. The van der Waals surface area contributed by atoms with E-state index in [-0.39, 0.29) is 18.1 Å². The van der Waals surface area contributed by atoms with Crippen molar-refractivity contribution in [2.45, 2.75) is 26.5 Å². The number of nitrogens with one attached hydrogen (secondary N) is 1. The van der Waals surface area contributed by atoms with Crippen LogP contribution in [0.2, 0.25) is 0 Å². The minimum absolute atomic E-state index is 0.0787. The van der Waals surface area contributed by atoms with Gasteiger partial charge in [0.05, 0.1) is 13.0 Å². The molecule has 0 aliphatic rings. The molecule has 0 saturated carbocycles. The van der Waals surface area contributed by atoms with Crippen molar-refractivity contribution in [2.75, 3.05) is 6.61 Å². The predicted octanol–water partition coefficient (Wildman–Crippen LogP) is 3.22. The number of amides is 1. The Morgan fingerprint density at radius 2 is 1.59 bits per heavy atom. The molecule has 0 aliphatic heterocycles. The van der Waals surface area contributed by atoms with Gasteiger partial charge in [-0.3, -0.25) is 4.79 Å². The predicted molar refractivity (Wildman–Crippen MR) is 83.7 cm³/mol. The molecular formula is C18H20FNO2. The smallest absolute Gasteiger partial charge is 0.224 e. The van der Waals surface area contributed by atoms with Gasteiger partial charge in [0.2, 0.25) is 5.91 Å². The second-order valence-electron chi connectivity index (χ2n) is 5.03. The van der Waals surface area contributed by atoms with Gasteiger partial charge in [0.1, 0.15) is 5.82 Å². The maximum Gasteiger partial charge on any atom is 0.224 e. The van der Waals surface area contributed by atoms with E-state index in [4.69, 9.17) is 4.74 Å². The van der Waals surface area contributed by atoms with Crippen LogP contribution in [0.3, 0.4) is 0 Å². The van der Waals surface area contributed by atoms with Gasteiger partial charge < -0.3 is 10.1 Å². The number of carbonyl (C=O) groups is 1. The van der Waals surface area contributed by atoms with E-state index in [1.165, 1.54) is 12.1 Å². The summed E-state index contributed by atoms with van der Waals surface area (Å²) in [5.74, 6) is -0.374. The van der Waals surface area contributed by atoms with Gasteiger partial charge in [-0.05, 0) is 35.7 Å². The van der Waals surface area contributed by atoms with Gasteiger partial charge in [-0.25, -0.2) is 4.39 Å². The van der Waals surface area contributed by atoms with E-state index < -0.39 is 0 Å². The molecule has 0 aromatic heterocycles. The fourth-order valence-electron chi connectivity index (χ4n) is 2.02. The number of rotatable bonds is 7. The minimum atomic E-state index is -0.295. The summed E-state index contributed by atoms with van der Waals surface area (Å²) in [6, 6.07) is 13.9. The van der Waals surface area contributed by atoms with Gasteiger partial charge in [0.25, 0.3) is 0 Å². The summed E-state index contributed by atoms with van der Waals surface area (Å²) in [5, 5.41) is 2.86. The molecule has 1 N–H and O–H groups in total. The maximum atomic E-state index is 12.8. The summed E-state index contributed by atoms with van der Waals surface area (Å²) in [4.78, 5) is 11.9. The molecule has 0 spiro atoms. The molecule has 2 rings (SSSR count). The van der Waals surface area contributed by atoms with E-state index in [0.717, 1.165) is 16.7 Å². The molecule has 0 radical (unpaired) electrons. The number of halogens is 1. The molecule has 1 amide bonds. The number of hydrogen-bond acceptors (Lipinski definition) is 2. The Labute approximate surface area is 130 Å². The average Bonchev–Trinajstić information content (AvgIpc) is 2.54. The molecule has 2 aromatic rings. The summed E-state index contributed by atoms with van der Waals surface area (Å²) in [6.07, 6.45) is 0.253. The lowest BCUT2D eigenvalue weighted by Crippen LogP contribution is -2.24. The molecule has 4 heteroatoms. The van der Waals surface area contributed by atoms with Crippen molar-refractivity contribution in [2.24, 2.45) is 0 Å². The Morgan fingerprint density at radius 3 is 2.23 bits per heavy atom. The zero-order valence-corrected chi connectivity index (χ0v) is 12.6. The Bertz CT molecular complexity index is 593. The van der Waals surface area contributed by atoms with Crippen molar-refractivity contribution in [3.63, 3.8) is 0 Å². The second kappa shape index (κ2) is 8.29.